The molecule has 154 valence electrons. The number of carbonyl (C=O) groups is 1. The van der Waals surface area contributed by atoms with Crippen molar-refractivity contribution in [2.75, 3.05) is 31.3 Å². The molecule has 0 radical (unpaired) electrons. The number of carbonyl (C=O) groups excluding carboxylic acids is 1. The molecule has 8 nitrogen and oxygen atoms in total. The number of hydrogen-bond donors (Lipinski definition) is 1. The van der Waals surface area contributed by atoms with E-state index in [1.807, 2.05) is 49.3 Å². The Balaban J connectivity index is 1.74. The van der Waals surface area contributed by atoms with Crippen molar-refractivity contribution in [3.63, 3.8) is 0 Å². The van der Waals surface area contributed by atoms with Crippen LogP contribution in [0.2, 0.25) is 0 Å². The predicted octanol–water partition coefficient (Wildman–Crippen LogP) is 3.16. The summed E-state index contributed by atoms with van der Waals surface area (Å²) in [6.07, 6.45) is 4.24. The van der Waals surface area contributed by atoms with Gasteiger partial charge in [-0.15, -0.1) is 0 Å². The normalized spacial score (nSPS) is 12.2. The van der Waals surface area contributed by atoms with Crippen molar-refractivity contribution in [1.82, 2.24) is 19.6 Å². The highest BCUT2D eigenvalue weighted by Crippen LogP contribution is 2.28. The molecule has 0 saturated heterocycles. The van der Waals surface area contributed by atoms with Gasteiger partial charge in [0, 0.05) is 42.4 Å². The van der Waals surface area contributed by atoms with Crippen LogP contribution in [0.5, 0.6) is 0 Å². The molecule has 0 aliphatic rings. The number of hydrogen-bond acceptors (Lipinski definition) is 7. The van der Waals surface area contributed by atoms with Crippen molar-refractivity contribution < 1.29 is 9.53 Å². The van der Waals surface area contributed by atoms with Gasteiger partial charge in [-0.25, -0.2) is 4.98 Å². The minimum atomic E-state index is -0.242. The molecule has 0 saturated carbocycles. The maximum Gasteiger partial charge on any atom is 0.310 e. The van der Waals surface area contributed by atoms with Crippen molar-refractivity contribution in [1.29, 1.82) is 0 Å². The van der Waals surface area contributed by atoms with Gasteiger partial charge in [0.25, 0.3) is 0 Å². The monoisotopic (exact) mass is 404 g/mol. The van der Waals surface area contributed by atoms with Crippen molar-refractivity contribution >= 4 is 34.2 Å². The maximum absolute atomic E-state index is 12.0. The number of pyridine rings is 1. The van der Waals surface area contributed by atoms with Gasteiger partial charge in [0.15, 0.2) is 5.65 Å². The summed E-state index contributed by atoms with van der Waals surface area (Å²) in [5.41, 5.74) is 9.58. The van der Waals surface area contributed by atoms with Crippen LogP contribution in [0.15, 0.2) is 48.8 Å². The van der Waals surface area contributed by atoms with Gasteiger partial charge in [0.05, 0.1) is 24.7 Å². The summed E-state index contributed by atoms with van der Waals surface area (Å²) in [6, 6.07) is 11.8. The first-order chi connectivity index (χ1) is 14.5. The second kappa shape index (κ2) is 7.98. The largest absolute Gasteiger partial charge is 0.469 e. The lowest BCUT2D eigenvalue weighted by atomic mass is 10.1. The van der Waals surface area contributed by atoms with Gasteiger partial charge in [0.1, 0.15) is 11.6 Å². The summed E-state index contributed by atoms with van der Waals surface area (Å²) >= 11 is 0. The zero-order chi connectivity index (χ0) is 21.3. The number of ether oxygens (including phenoxy) is 1. The number of anilines is 2. The molecule has 0 aliphatic heterocycles. The molecule has 3 heterocycles. The molecule has 4 aromatic rings. The first-order valence-electron chi connectivity index (χ1n) is 9.80. The SMILES string of the molecule is CCC(CN(C)c1cc(N)n2ncc(-c3cnc4ccccc4c3)c2n1)C(=O)OC. The molecule has 0 spiro atoms. The maximum atomic E-state index is 12.0. The highest BCUT2D eigenvalue weighted by atomic mass is 16.5. The van der Waals surface area contributed by atoms with Gasteiger partial charge in [0.2, 0.25) is 0 Å². The smallest absolute Gasteiger partial charge is 0.310 e. The fraction of sp³-hybridized carbons (Fsp3) is 0.273. The second-order valence-electron chi connectivity index (χ2n) is 7.26. The van der Waals surface area contributed by atoms with Gasteiger partial charge < -0.3 is 15.4 Å². The van der Waals surface area contributed by atoms with E-state index in [0.717, 1.165) is 22.0 Å². The van der Waals surface area contributed by atoms with Gasteiger partial charge in [-0.3, -0.25) is 9.78 Å². The van der Waals surface area contributed by atoms with E-state index in [1.165, 1.54) is 7.11 Å². The minimum Gasteiger partial charge on any atom is -0.469 e. The number of nitrogens with zero attached hydrogens (tertiary/aromatic N) is 5. The molecule has 1 atom stereocenters. The number of esters is 1. The molecule has 0 fully saturated rings. The minimum absolute atomic E-state index is 0.231. The Bertz CT molecular complexity index is 1220. The fourth-order valence-corrected chi connectivity index (χ4v) is 3.55. The number of nitrogen functional groups attached to an aromatic ring is 1. The Morgan fingerprint density at radius 2 is 2.07 bits per heavy atom. The van der Waals surface area contributed by atoms with E-state index in [2.05, 4.69) is 16.1 Å². The summed E-state index contributed by atoms with van der Waals surface area (Å²) in [5.74, 6) is 0.657. The third-order valence-electron chi connectivity index (χ3n) is 5.30. The molecule has 0 aliphatic carbocycles. The lowest BCUT2D eigenvalue weighted by Gasteiger charge is -2.23. The first kappa shape index (κ1) is 19.6. The Labute approximate surface area is 174 Å². The van der Waals surface area contributed by atoms with Gasteiger partial charge in [-0.05, 0) is 18.6 Å². The van der Waals surface area contributed by atoms with Crippen LogP contribution in [0.1, 0.15) is 13.3 Å². The van der Waals surface area contributed by atoms with Crippen molar-refractivity contribution in [2.45, 2.75) is 13.3 Å². The van der Waals surface area contributed by atoms with E-state index >= 15 is 0 Å². The van der Waals surface area contributed by atoms with Crippen LogP contribution in [0.25, 0.3) is 27.7 Å². The van der Waals surface area contributed by atoms with Crippen molar-refractivity contribution in [3.8, 4) is 11.1 Å². The standard InChI is InChI=1S/C22H24N6O2/c1-4-14(22(29)30-3)13-27(2)20-10-19(23)28-21(26-20)17(12-25-28)16-9-15-7-5-6-8-18(15)24-11-16/h5-12,14H,4,13,23H2,1-3H3. The van der Waals surface area contributed by atoms with Crippen LogP contribution in [-0.2, 0) is 9.53 Å². The summed E-state index contributed by atoms with van der Waals surface area (Å²) in [7, 11) is 3.29. The average molecular weight is 404 g/mol. The fourth-order valence-electron chi connectivity index (χ4n) is 3.55. The lowest BCUT2D eigenvalue weighted by Crippen LogP contribution is -2.31. The van der Waals surface area contributed by atoms with Crippen LogP contribution in [0.4, 0.5) is 11.6 Å². The highest BCUT2D eigenvalue weighted by molar-refractivity contribution is 5.87. The average Bonchev–Trinajstić information content (AvgIpc) is 3.21. The van der Waals surface area contributed by atoms with Gasteiger partial charge in [-0.2, -0.15) is 9.61 Å². The molecule has 1 aromatic carbocycles. The van der Waals surface area contributed by atoms with E-state index < -0.39 is 0 Å². The molecular weight excluding hydrogens is 380 g/mol. The highest BCUT2D eigenvalue weighted by Gasteiger charge is 2.21. The van der Waals surface area contributed by atoms with E-state index in [-0.39, 0.29) is 11.9 Å². The van der Waals surface area contributed by atoms with Crippen molar-refractivity contribution in [2.24, 2.45) is 5.92 Å². The summed E-state index contributed by atoms with van der Waals surface area (Å²) in [4.78, 5) is 23.2. The third-order valence-corrected chi connectivity index (χ3v) is 5.30. The van der Waals surface area contributed by atoms with Crippen LogP contribution in [0, 0.1) is 5.92 Å². The summed E-state index contributed by atoms with van der Waals surface area (Å²) in [6.45, 7) is 2.44. The van der Waals surface area contributed by atoms with Crippen LogP contribution >= 0.6 is 0 Å². The van der Waals surface area contributed by atoms with Crippen LogP contribution in [-0.4, -0.2) is 46.3 Å². The van der Waals surface area contributed by atoms with E-state index in [9.17, 15) is 4.79 Å². The first-order valence-corrected chi connectivity index (χ1v) is 9.80. The van der Waals surface area contributed by atoms with E-state index in [0.29, 0.717) is 30.2 Å². The molecule has 30 heavy (non-hydrogen) atoms. The molecule has 3 aromatic heterocycles. The second-order valence-corrected chi connectivity index (χ2v) is 7.26. The number of rotatable bonds is 6. The topological polar surface area (TPSA) is 98.6 Å². The number of aromatic nitrogens is 4. The Hall–Kier alpha value is -3.68. The Morgan fingerprint density at radius 3 is 2.83 bits per heavy atom. The molecule has 8 heteroatoms. The van der Waals surface area contributed by atoms with Gasteiger partial charge >= 0.3 is 5.97 Å². The van der Waals surface area contributed by atoms with E-state index in [1.54, 1.807) is 16.8 Å². The number of benzene rings is 1. The molecular formula is C22H24N6O2. The zero-order valence-corrected chi connectivity index (χ0v) is 17.2. The van der Waals surface area contributed by atoms with Gasteiger partial charge in [-0.1, -0.05) is 25.1 Å². The number of nitrogens with two attached hydrogens (primary N) is 1. The molecule has 1 unspecified atom stereocenters. The van der Waals surface area contributed by atoms with Crippen molar-refractivity contribution in [3.05, 3.63) is 48.8 Å². The molecule has 2 N–H and O–H groups in total. The number of methoxy groups -OCH3 is 1. The van der Waals surface area contributed by atoms with Crippen LogP contribution < -0.4 is 10.6 Å². The third kappa shape index (κ3) is 3.52. The number of fused-ring (bicyclic) bond motifs is 2. The number of para-hydroxylation sites is 1. The molecule has 0 amide bonds. The predicted molar refractivity (Wildman–Crippen MR) is 117 cm³/mol. The Morgan fingerprint density at radius 1 is 1.27 bits per heavy atom. The zero-order valence-electron chi connectivity index (χ0n) is 17.2. The van der Waals surface area contributed by atoms with Crippen LogP contribution in [0.3, 0.4) is 0 Å². The van der Waals surface area contributed by atoms with E-state index in [4.69, 9.17) is 15.5 Å². The molecule has 4 rings (SSSR count). The summed E-state index contributed by atoms with van der Waals surface area (Å²) in [5, 5.41) is 5.44. The Kier molecular flexibility index (Phi) is 5.22. The summed E-state index contributed by atoms with van der Waals surface area (Å²) < 4.78 is 6.51. The quantitative estimate of drug-likeness (QED) is 0.493. The molecule has 0 bridgehead atoms. The lowest BCUT2D eigenvalue weighted by molar-refractivity contribution is -0.145.